The van der Waals surface area contributed by atoms with Gasteiger partial charge in [0.15, 0.2) is 0 Å². The fourth-order valence-corrected chi connectivity index (χ4v) is 2.53. The van der Waals surface area contributed by atoms with Crippen LogP contribution < -0.4 is 10.6 Å². The number of amides is 1. The number of carbonyl (C=O) groups excluding carboxylic acids is 1. The summed E-state index contributed by atoms with van der Waals surface area (Å²) < 4.78 is 5.30. The molecule has 0 unspecified atom stereocenters. The van der Waals surface area contributed by atoms with Gasteiger partial charge in [-0.3, -0.25) is 0 Å². The summed E-state index contributed by atoms with van der Waals surface area (Å²) in [5.41, 5.74) is 0.814. The summed E-state index contributed by atoms with van der Waals surface area (Å²) in [5, 5.41) is 6.54. The molecule has 22 heavy (non-hydrogen) atoms. The van der Waals surface area contributed by atoms with Crippen LogP contribution in [0.3, 0.4) is 0 Å². The summed E-state index contributed by atoms with van der Waals surface area (Å²) >= 11 is 0. The van der Waals surface area contributed by atoms with Crippen LogP contribution in [0.2, 0.25) is 0 Å². The van der Waals surface area contributed by atoms with Gasteiger partial charge in [-0.05, 0) is 52.0 Å². The number of benzene rings is 1. The summed E-state index contributed by atoms with van der Waals surface area (Å²) in [7, 11) is 0. The van der Waals surface area contributed by atoms with Crippen LogP contribution in [-0.2, 0) is 4.74 Å². The van der Waals surface area contributed by atoms with E-state index in [1.165, 1.54) is 18.4 Å². The van der Waals surface area contributed by atoms with Crippen LogP contribution in [-0.4, -0.2) is 24.3 Å². The maximum absolute atomic E-state index is 11.8. The number of ether oxygens (including phenoxy) is 1. The highest BCUT2D eigenvalue weighted by atomic mass is 16.6. The van der Waals surface area contributed by atoms with E-state index >= 15 is 0 Å². The Morgan fingerprint density at radius 1 is 1.27 bits per heavy atom. The second kappa shape index (κ2) is 7.14. The Morgan fingerprint density at radius 3 is 2.45 bits per heavy atom. The largest absolute Gasteiger partial charge is 0.444 e. The van der Waals surface area contributed by atoms with E-state index in [9.17, 15) is 4.79 Å². The summed E-state index contributed by atoms with van der Waals surface area (Å²) in [5.74, 6) is 0.654. The highest BCUT2D eigenvalue weighted by Crippen LogP contribution is 2.33. The average molecular weight is 304 g/mol. The lowest BCUT2D eigenvalue weighted by Gasteiger charge is -2.25. The van der Waals surface area contributed by atoms with Gasteiger partial charge in [-0.15, -0.1) is 0 Å². The molecule has 0 heterocycles. The van der Waals surface area contributed by atoms with Gasteiger partial charge in [0.2, 0.25) is 0 Å². The van der Waals surface area contributed by atoms with Crippen molar-refractivity contribution in [3.05, 3.63) is 35.9 Å². The van der Waals surface area contributed by atoms with Gasteiger partial charge in [0, 0.05) is 18.6 Å². The Hall–Kier alpha value is -1.55. The molecule has 0 aromatic heterocycles. The Labute approximate surface area is 133 Å². The zero-order valence-corrected chi connectivity index (χ0v) is 14.1. The minimum Gasteiger partial charge on any atom is -0.444 e. The zero-order valence-electron chi connectivity index (χ0n) is 14.1. The third-order valence-electron chi connectivity index (χ3n) is 3.82. The van der Waals surface area contributed by atoms with Crippen LogP contribution in [0.1, 0.15) is 52.1 Å². The SMILES string of the molecule is C[C@H](N[C@H](CNC(=O)OC(C)(C)C)C1CC1)c1ccccc1. The Kier molecular flexibility index (Phi) is 5.46. The van der Waals surface area contributed by atoms with Crippen molar-refractivity contribution in [1.29, 1.82) is 0 Å². The highest BCUT2D eigenvalue weighted by Gasteiger charge is 2.32. The van der Waals surface area contributed by atoms with Crippen LogP contribution in [0.25, 0.3) is 0 Å². The van der Waals surface area contributed by atoms with Gasteiger partial charge >= 0.3 is 6.09 Å². The first-order valence-electron chi connectivity index (χ1n) is 8.13. The maximum Gasteiger partial charge on any atom is 0.407 e. The standard InChI is InChI=1S/C18H28N2O2/c1-13(14-8-6-5-7-9-14)20-16(15-10-11-15)12-19-17(21)22-18(2,3)4/h5-9,13,15-16,20H,10-12H2,1-4H3,(H,19,21)/t13-,16+/m0/s1. The average Bonchev–Trinajstić information content (AvgIpc) is 3.26. The molecule has 0 spiro atoms. The number of alkyl carbamates (subject to hydrolysis) is 1. The van der Waals surface area contributed by atoms with Gasteiger partial charge in [0.05, 0.1) is 0 Å². The number of carbonyl (C=O) groups is 1. The van der Waals surface area contributed by atoms with Crippen molar-refractivity contribution in [2.24, 2.45) is 5.92 Å². The van der Waals surface area contributed by atoms with E-state index in [0.717, 1.165) is 0 Å². The third kappa shape index (κ3) is 5.68. The molecule has 1 fully saturated rings. The molecule has 1 saturated carbocycles. The molecule has 2 atom stereocenters. The van der Waals surface area contributed by atoms with E-state index in [1.54, 1.807) is 0 Å². The first-order valence-corrected chi connectivity index (χ1v) is 8.13. The van der Waals surface area contributed by atoms with E-state index < -0.39 is 5.60 Å². The smallest absolute Gasteiger partial charge is 0.407 e. The molecule has 0 radical (unpaired) electrons. The van der Waals surface area contributed by atoms with Gasteiger partial charge in [0.1, 0.15) is 5.60 Å². The number of rotatable bonds is 6. The third-order valence-corrected chi connectivity index (χ3v) is 3.82. The van der Waals surface area contributed by atoms with Crippen molar-refractivity contribution in [2.75, 3.05) is 6.54 Å². The van der Waals surface area contributed by atoms with Crippen molar-refractivity contribution < 1.29 is 9.53 Å². The summed E-state index contributed by atoms with van der Waals surface area (Å²) in [6.45, 7) is 8.40. The second-order valence-corrected chi connectivity index (χ2v) is 7.13. The van der Waals surface area contributed by atoms with Gasteiger partial charge in [-0.25, -0.2) is 4.79 Å². The van der Waals surface area contributed by atoms with Crippen LogP contribution >= 0.6 is 0 Å². The van der Waals surface area contributed by atoms with Crippen LogP contribution in [0.15, 0.2) is 30.3 Å². The van der Waals surface area contributed by atoms with E-state index in [1.807, 2.05) is 26.8 Å². The van der Waals surface area contributed by atoms with Crippen molar-refractivity contribution in [1.82, 2.24) is 10.6 Å². The predicted octanol–water partition coefficient (Wildman–Crippen LogP) is 3.64. The summed E-state index contributed by atoms with van der Waals surface area (Å²) in [6.07, 6.45) is 2.12. The van der Waals surface area contributed by atoms with Gasteiger partial charge in [0.25, 0.3) is 0 Å². The Morgan fingerprint density at radius 2 is 1.91 bits per heavy atom. The molecule has 1 aliphatic rings. The molecule has 2 rings (SSSR count). The predicted molar refractivity (Wildman–Crippen MR) is 88.7 cm³/mol. The van der Waals surface area contributed by atoms with Gasteiger partial charge in [-0.1, -0.05) is 30.3 Å². The number of hydrogen-bond acceptors (Lipinski definition) is 3. The fourth-order valence-electron chi connectivity index (χ4n) is 2.53. The molecule has 0 aliphatic heterocycles. The van der Waals surface area contributed by atoms with Gasteiger partial charge in [-0.2, -0.15) is 0 Å². The van der Waals surface area contributed by atoms with Crippen molar-refractivity contribution in [2.45, 2.75) is 58.2 Å². The quantitative estimate of drug-likeness (QED) is 0.843. The van der Waals surface area contributed by atoms with Gasteiger partial charge < -0.3 is 15.4 Å². The molecule has 0 bridgehead atoms. The molecule has 122 valence electrons. The summed E-state index contributed by atoms with van der Waals surface area (Å²) in [6, 6.07) is 11.0. The van der Waals surface area contributed by atoms with Crippen LogP contribution in [0.5, 0.6) is 0 Å². The molecule has 4 nitrogen and oxygen atoms in total. The number of hydrogen-bond donors (Lipinski definition) is 2. The van der Waals surface area contributed by atoms with Crippen molar-refractivity contribution in [3.63, 3.8) is 0 Å². The zero-order chi connectivity index (χ0) is 16.2. The first-order chi connectivity index (χ1) is 10.3. The molecular formula is C18H28N2O2. The van der Waals surface area contributed by atoms with E-state index in [-0.39, 0.29) is 12.1 Å². The molecule has 4 heteroatoms. The highest BCUT2D eigenvalue weighted by molar-refractivity contribution is 5.67. The van der Waals surface area contributed by atoms with E-state index in [2.05, 4.69) is 41.8 Å². The normalized spacial score (nSPS) is 17.6. The minimum atomic E-state index is -0.454. The monoisotopic (exact) mass is 304 g/mol. The lowest BCUT2D eigenvalue weighted by atomic mass is 10.1. The minimum absolute atomic E-state index is 0.271. The topological polar surface area (TPSA) is 50.4 Å². The second-order valence-electron chi connectivity index (χ2n) is 7.13. The lowest BCUT2D eigenvalue weighted by molar-refractivity contribution is 0.0520. The van der Waals surface area contributed by atoms with Crippen LogP contribution in [0.4, 0.5) is 4.79 Å². The fraction of sp³-hybridized carbons (Fsp3) is 0.611. The number of nitrogens with one attached hydrogen (secondary N) is 2. The molecule has 1 aromatic rings. The molecule has 2 N–H and O–H groups in total. The first kappa shape index (κ1) is 16.8. The summed E-state index contributed by atoms with van der Waals surface area (Å²) in [4.78, 5) is 11.8. The Balaban J connectivity index is 1.84. The molecular weight excluding hydrogens is 276 g/mol. The molecule has 1 aromatic carbocycles. The molecule has 1 amide bonds. The van der Waals surface area contributed by atoms with E-state index in [4.69, 9.17) is 4.74 Å². The van der Waals surface area contributed by atoms with Crippen molar-refractivity contribution >= 4 is 6.09 Å². The Bertz CT molecular complexity index is 478. The maximum atomic E-state index is 11.8. The van der Waals surface area contributed by atoms with Crippen LogP contribution in [0, 0.1) is 5.92 Å². The van der Waals surface area contributed by atoms with Crippen molar-refractivity contribution in [3.8, 4) is 0 Å². The molecule has 1 aliphatic carbocycles. The lowest BCUT2D eigenvalue weighted by Crippen LogP contribution is -2.44. The van der Waals surface area contributed by atoms with E-state index in [0.29, 0.717) is 18.5 Å². The molecule has 0 saturated heterocycles.